The lowest BCUT2D eigenvalue weighted by atomic mass is 10.3. The number of rotatable bonds is 6. The number of halogens is 3. The average Bonchev–Trinajstić information content (AvgIpc) is 3.54. The third-order valence-electron chi connectivity index (χ3n) is 4.91. The van der Waals surface area contributed by atoms with Crippen molar-refractivity contribution >= 4 is 28.7 Å². The van der Waals surface area contributed by atoms with Crippen LogP contribution in [0.15, 0.2) is 76.1 Å². The summed E-state index contributed by atoms with van der Waals surface area (Å²) >= 11 is 2.79. The van der Waals surface area contributed by atoms with E-state index in [1.54, 1.807) is 16.8 Å². The highest BCUT2D eigenvalue weighted by Crippen LogP contribution is 2.32. The molecular formula is C25H22F3N5O2S2. The van der Waals surface area contributed by atoms with Gasteiger partial charge in [0.2, 0.25) is 0 Å². The Bertz CT molecular complexity index is 1550. The fourth-order valence-corrected chi connectivity index (χ4v) is 4.97. The normalized spacial score (nSPS) is 11.3. The molecule has 5 aromatic rings. The second-order valence-corrected chi connectivity index (χ2v) is 9.36. The van der Waals surface area contributed by atoms with E-state index in [9.17, 15) is 18.0 Å². The molecule has 4 heterocycles. The van der Waals surface area contributed by atoms with Crippen molar-refractivity contribution in [3.05, 3.63) is 87.8 Å². The van der Waals surface area contributed by atoms with Crippen molar-refractivity contribution in [3.8, 4) is 22.1 Å². The zero-order valence-electron chi connectivity index (χ0n) is 20.1. The van der Waals surface area contributed by atoms with Crippen LogP contribution >= 0.6 is 23.1 Å². The highest BCUT2D eigenvalue weighted by molar-refractivity contribution is 7.98. The van der Waals surface area contributed by atoms with Crippen molar-refractivity contribution in [3.63, 3.8) is 0 Å². The predicted octanol–water partition coefficient (Wildman–Crippen LogP) is 6.53. The van der Waals surface area contributed by atoms with Crippen molar-refractivity contribution in [1.29, 1.82) is 0 Å². The van der Waals surface area contributed by atoms with Crippen LogP contribution in [-0.2, 0) is 5.75 Å². The molecule has 0 aliphatic heterocycles. The second-order valence-electron chi connectivity index (χ2n) is 7.47. The molecule has 0 bridgehead atoms. The van der Waals surface area contributed by atoms with Crippen molar-refractivity contribution in [2.75, 3.05) is 0 Å². The maximum Gasteiger partial charge on any atom is 0.573 e. The van der Waals surface area contributed by atoms with E-state index in [-0.39, 0.29) is 11.3 Å². The van der Waals surface area contributed by atoms with Gasteiger partial charge in [-0.05, 0) is 54.3 Å². The minimum absolute atomic E-state index is 0.185. The molecule has 0 unspecified atom stereocenters. The van der Waals surface area contributed by atoms with Gasteiger partial charge in [-0.2, -0.15) is 0 Å². The Morgan fingerprint density at radius 2 is 1.81 bits per heavy atom. The van der Waals surface area contributed by atoms with Crippen LogP contribution in [-0.4, -0.2) is 30.5 Å². The molecule has 0 spiro atoms. The molecule has 37 heavy (non-hydrogen) atoms. The summed E-state index contributed by atoms with van der Waals surface area (Å²) in [6, 6.07) is 14.4. The first-order valence-electron chi connectivity index (χ1n) is 11.2. The number of hydrogen-bond acceptors (Lipinski definition) is 7. The monoisotopic (exact) mass is 545 g/mol. The Kier molecular flexibility index (Phi) is 7.98. The summed E-state index contributed by atoms with van der Waals surface area (Å²) in [5.74, 6) is 0.573. The van der Waals surface area contributed by atoms with E-state index >= 15 is 0 Å². The number of ether oxygens (including phenoxy) is 1. The first-order valence-corrected chi connectivity index (χ1v) is 13.1. The number of nitrogens with zero attached hydrogens (tertiary/aromatic N) is 5. The Morgan fingerprint density at radius 1 is 1.05 bits per heavy atom. The molecule has 0 N–H and O–H groups in total. The fourth-order valence-electron chi connectivity index (χ4n) is 3.43. The van der Waals surface area contributed by atoms with E-state index in [0.717, 1.165) is 10.4 Å². The van der Waals surface area contributed by atoms with E-state index in [2.05, 4.69) is 19.9 Å². The third-order valence-corrected chi connectivity index (χ3v) is 6.74. The first kappa shape index (κ1) is 26.4. The van der Waals surface area contributed by atoms with Crippen molar-refractivity contribution < 1.29 is 17.9 Å². The van der Waals surface area contributed by atoms with Gasteiger partial charge in [-0.3, -0.25) is 13.8 Å². The summed E-state index contributed by atoms with van der Waals surface area (Å²) in [5.41, 5.74) is 2.45. The van der Waals surface area contributed by atoms with Crippen molar-refractivity contribution in [2.45, 2.75) is 38.0 Å². The van der Waals surface area contributed by atoms with E-state index in [0.29, 0.717) is 33.8 Å². The topological polar surface area (TPSA) is 74.3 Å². The quantitative estimate of drug-likeness (QED) is 0.226. The van der Waals surface area contributed by atoms with Gasteiger partial charge < -0.3 is 4.74 Å². The molecule has 0 fully saturated rings. The highest BCUT2D eigenvalue weighted by atomic mass is 32.2. The van der Waals surface area contributed by atoms with E-state index in [1.165, 1.54) is 57.8 Å². The molecule has 5 rings (SSSR count). The van der Waals surface area contributed by atoms with E-state index in [4.69, 9.17) is 0 Å². The number of pyridine rings is 1. The van der Waals surface area contributed by atoms with Crippen LogP contribution in [0.2, 0.25) is 0 Å². The van der Waals surface area contributed by atoms with Gasteiger partial charge in [0.05, 0.1) is 16.3 Å². The van der Waals surface area contributed by atoms with E-state index in [1.807, 2.05) is 44.4 Å². The largest absolute Gasteiger partial charge is 0.573 e. The Hall–Kier alpha value is -3.64. The Balaban J connectivity index is 0.00000156. The zero-order valence-corrected chi connectivity index (χ0v) is 21.7. The van der Waals surface area contributed by atoms with Gasteiger partial charge in [-0.25, -0.2) is 4.98 Å². The molecule has 0 atom stereocenters. The first-order chi connectivity index (χ1) is 17.8. The van der Waals surface area contributed by atoms with Crippen molar-refractivity contribution in [2.24, 2.45) is 0 Å². The Labute approximate surface area is 218 Å². The van der Waals surface area contributed by atoms with Gasteiger partial charge in [-0.1, -0.05) is 37.7 Å². The minimum atomic E-state index is -4.77. The van der Waals surface area contributed by atoms with E-state index < -0.39 is 6.36 Å². The lowest BCUT2D eigenvalue weighted by Gasteiger charge is -2.12. The third kappa shape index (κ3) is 6.20. The maximum atomic E-state index is 12.6. The molecule has 0 aliphatic carbocycles. The summed E-state index contributed by atoms with van der Waals surface area (Å²) in [6.45, 7) is 5.90. The molecule has 0 saturated heterocycles. The zero-order chi connectivity index (χ0) is 26.6. The molecule has 7 nitrogen and oxygen atoms in total. The SMILES string of the molecule is CC.Cc1ccc2nc(CSc3nnc(-c4cccs4)n3-c3ccc(OC(F)(F)F)cc3)cc(=O)n2c1. The lowest BCUT2D eigenvalue weighted by molar-refractivity contribution is -0.274. The van der Waals surface area contributed by atoms with Crippen LogP contribution in [0, 0.1) is 6.92 Å². The number of fused-ring (bicyclic) bond motifs is 1. The standard InChI is InChI=1S/C23H16F3N5O2S2.C2H6/c1-14-4-9-19-27-15(11-20(32)30(19)12-14)13-35-22-29-28-21(18-3-2-10-34-18)31(22)16-5-7-17(8-6-16)33-23(24,25)26;1-2/h2-12H,13H2,1H3;1-2H3. The van der Waals surface area contributed by atoms with Gasteiger partial charge in [0.1, 0.15) is 11.4 Å². The number of aromatic nitrogens is 5. The molecule has 12 heteroatoms. The number of thioether (sulfide) groups is 1. The molecule has 4 aromatic heterocycles. The number of thiophene rings is 1. The number of hydrogen-bond donors (Lipinski definition) is 0. The summed E-state index contributed by atoms with van der Waals surface area (Å²) in [6.07, 6.45) is -3.04. The van der Waals surface area contributed by atoms with Crippen LogP contribution in [0.1, 0.15) is 25.1 Å². The van der Waals surface area contributed by atoms with Crippen LogP contribution in [0.5, 0.6) is 5.75 Å². The number of alkyl halides is 3. The Morgan fingerprint density at radius 3 is 2.49 bits per heavy atom. The second kappa shape index (κ2) is 11.2. The van der Waals surface area contributed by atoms with Crippen molar-refractivity contribution in [1.82, 2.24) is 24.1 Å². The predicted molar refractivity (Wildman–Crippen MR) is 138 cm³/mol. The molecule has 0 radical (unpaired) electrons. The number of benzene rings is 1. The van der Waals surface area contributed by atoms with Gasteiger partial charge in [0.25, 0.3) is 5.56 Å². The molecule has 0 aliphatic rings. The highest BCUT2D eigenvalue weighted by Gasteiger charge is 2.31. The van der Waals surface area contributed by atoms with Gasteiger partial charge in [0, 0.05) is 18.0 Å². The lowest BCUT2D eigenvalue weighted by Crippen LogP contribution is -2.17. The van der Waals surface area contributed by atoms with Crippen LogP contribution in [0.3, 0.4) is 0 Å². The summed E-state index contributed by atoms with van der Waals surface area (Å²) in [4.78, 5) is 17.9. The van der Waals surface area contributed by atoms with Gasteiger partial charge >= 0.3 is 6.36 Å². The van der Waals surface area contributed by atoms with Crippen LogP contribution in [0.4, 0.5) is 13.2 Å². The number of aryl methyl sites for hydroxylation is 1. The molecule has 0 saturated carbocycles. The molecule has 192 valence electrons. The summed E-state index contributed by atoms with van der Waals surface area (Å²) in [7, 11) is 0. The average molecular weight is 546 g/mol. The minimum Gasteiger partial charge on any atom is -0.406 e. The molecule has 0 amide bonds. The molecule has 1 aromatic carbocycles. The van der Waals surface area contributed by atoms with Crippen LogP contribution < -0.4 is 10.3 Å². The maximum absolute atomic E-state index is 12.6. The van der Waals surface area contributed by atoms with Crippen LogP contribution in [0.25, 0.3) is 22.0 Å². The summed E-state index contributed by atoms with van der Waals surface area (Å²) < 4.78 is 44.9. The summed E-state index contributed by atoms with van der Waals surface area (Å²) in [5, 5.41) is 11.0. The smallest absolute Gasteiger partial charge is 0.406 e. The fraction of sp³-hybridized carbons (Fsp3) is 0.200. The molecular weight excluding hydrogens is 523 g/mol. The van der Waals surface area contributed by atoms with Gasteiger partial charge in [-0.15, -0.1) is 34.7 Å². The van der Waals surface area contributed by atoms with Gasteiger partial charge in [0.15, 0.2) is 11.0 Å².